The van der Waals surface area contributed by atoms with Gasteiger partial charge in [0.05, 0.1) is 6.04 Å². The summed E-state index contributed by atoms with van der Waals surface area (Å²) in [4.78, 5) is 6.63. The van der Waals surface area contributed by atoms with Crippen LogP contribution in [0.15, 0.2) is 36.7 Å². The molecular formula is C16H15F2N5S. The Bertz CT molecular complexity index is 813. The molecule has 1 aliphatic heterocycles. The Morgan fingerprint density at radius 2 is 2.00 bits per heavy atom. The lowest BCUT2D eigenvalue weighted by molar-refractivity contribution is 0.376. The van der Waals surface area contributed by atoms with Crippen LogP contribution in [0, 0.1) is 11.6 Å². The van der Waals surface area contributed by atoms with Gasteiger partial charge in [0.25, 0.3) is 0 Å². The SMILES string of the molecule is Fc1cc(F)cc(-c2nsc(N3CCCC(n4cccn4)C3)n2)c1. The minimum Gasteiger partial charge on any atom is -0.345 e. The molecule has 3 heterocycles. The van der Waals surface area contributed by atoms with Crippen molar-refractivity contribution in [2.24, 2.45) is 0 Å². The molecule has 2 aromatic heterocycles. The van der Waals surface area contributed by atoms with E-state index in [9.17, 15) is 8.78 Å². The van der Waals surface area contributed by atoms with Crippen LogP contribution in [-0.2, 0) is 0 Å². The zero-order chi connectivity index (χ0) is 16.5. The first-order chi connectivity index (χ1) is 11.7. The molecule has 1 aromatic carbocycles. The number of aromatic nitrogens is 4. The van der Waals surface area contributed by atoms with Crippen molar-refractivity contribution in [1.29, 1.82) is 0 Å². The molecule has 0 aliphatic carbocycles. The highest BCUT2D eigenvalue weighted by molar-refractivity contribution is 7.09. The molecule has 1 unspecified atom stereocenters. The monoisotopic (exact) mass is 347 g/mol. The number of nitrogens with zero attached hydrogens (tertiary/aromatic N) is 5. The van der Waals surface area contributed by atoms with Crippen LogP contribution in [0.4, 0.5) is 13.9 Å². The summed E-state index contributed by atoms with van der Waals surface area (Å²) in [6.45, 7) is 1.69. The Morgan fingerprint density at radius 3 is 2.75 bits per heavy atom. The Labute approximate surface area is 141 Å². The van der Waals surface area contributed by atoms with E-state index in [0.29, 0.717) is 17.4 Å². The Hall–Kier alpha value is -2.35. The molecule has 1 fully saturated rings. The fourth-order valence-electron chi connectivity index (χ4n) is 2.99. The molecule has 24 heavy (non-hydrogen) atoms. The number of hydrogen-bond acceptors (Lipinski definition) is 5. The van der Waals surface area contributed by atoms with Gasteiger partial charge in [-0.25, -0.2) is 8.78 Å². The van der Waals surface area contributed by atoms with Crippen molar-refractivity contribution in [2.75, 3.05) is 18.0 Å². The van der Waals surface area contributed by atoms with Gasteiger partial charge in [-0.1, -0.05) is 0 Å². The minimum absolute atomic E-state index is 0.299. The quantitative estimate of drug-likeness (QED) is 0.727. The van der Waals surface area contributed by atoms with E-state index in [2.05, 4.69) is 19.4 Å². The number of hydrogen-bond donors (Lipinski definition) is 0. The van der Waals surface area contributed by atoms with Gasteiger partial charge in [0.1, 0.15) is 11.6 Å². The molecule has 0 saturated carbocycles. The number of benzene rings is 1. The molecule has 0 N–H and O–H groups in total. The van der Waals surface area contributed by atoms with Crippen LogP contribution in [0.5, 0.6) is 0 Å². The van der Waals surface area contributed by atoms with E-state index < -0.39 is 11.6 Å². The highest BCUT2D eigenvalue weighted by Crippen LogP contribution is 2.29. The third-order valence-corrected chi connectivity index (χ3v) is 4.88. The van der Waals surface area contributed by atoms with Gasteiger partial charge in [-0.2, -0.15) is 14.5 Å². The van der Waals surface area contributed by atoms with Crippen molar-refractivity contribution in [2.45, 2.75) is 18.9 Å². The van der Waals surface area contributed by atoms with Crippen molar-refractivity contribution < 1.29 is 8.78 Å². The minimum atomic E-state index is -0.627. The molecule has 1 atom stereocenters. The van der Waals surface area contributed by atoms with E-state index >= 15 is 0 Å². The summed E-state index contributed by atoms with van der Waals surface area (Å²) in [5.74, 6) is -0.897. The van der Waals surface area contributed by atoms with Crippen LogP contribution in [0.3, 0.4) is 0 Å². The maximum Gasteiger partial charge on any atom is 0.205 e. The highest BCUT2D eigenvalue weighted by Gasteiger charge is 2.24. The number of anilines is 1. The highest BCUT2D eigenvalue weighted by atomic mass is 32.1. The largest absolute Gasteiger partial charge is 0.345 e. The molecule has 124 valence electrons. The zero-order valence-electron chi connectivity index (χ0n) is 12.8. The lowest BCUT2D eigenvalue weighted by Gasteiger charge is -2.32. The Morgan fingerprint density at radius 1 is 1.17 bits per heavy atom. The van der Waals surface area contributed by atoms with Crippen LogP contribution in [0.2, 0.25) is 0 Å². The standard InChI is InChI=1S/C16H15F2N5S/c17-12-7-11(8-13(18)9-12)15-20-16(24-21-15)22-5-1-3-14(10-22)23-6-2-4-19-23/h2,4,6-9,14H,1,3,5,10H2. The van der Waals surface area contributed by atoms with E-state index in [0.717, 1.165) is 37.1 Å². The molecule has 1 aliphatic rings. The van der Waals surface area contributed by atoms with Gasteiger partial charge in [-0.05, 0) is 31.0 Å². The number of halogens is 2. The molecule has 0 radical (unpaired) electrons. The summed E-state index contributed by atoms with van der Waals surface area (Å²) < 4.78 is 33.0. The Kier molecular flexibility index (Phi) is 3.97. The average molecular weight is 347 g/mol. The molecule has 1 saturated heterocycles. The first-order valence-electron chi connectivity index (χ1n) is 7.73. The van der Waals surface area contributed by atoms with Gasteiger partial charge in [-0.15, -0.1) is 0 Å². The van der Waals surface area contributed by atoms with E-state index in [4.69, 9.17) is 0 Å². The normalized spacial score (nSPS) is 18.1. The molecule has 0 bridgehead atoms. The van der Waals surface area contributed by atoms with Gasteiger partial charge in [0, 0.05) is 48.6 Å². The van der Waals surface area contributed by atoms with Crippen molar-refractivity contribution in [1.82, 2.24) is 19.1 Å². The zero-order valence-corrected chi connectivity index (χ0v) is 13.6. The van der Waals surface area contributed by atoms with Crippen LogP contribution in [0.1, 0.15) is 18.9 Å². The van der Waals surface area contributed by atoms with Gasteiger partial charge in [0.15, 0.2) is 5.82 Å². The van der Waals surface area contributed by atoms with Gasteiger partial charge >= 0.3 is 0 Å². The van der Waals surface area contributed by atoms with Gasteiger partial charge in [0.2, 0.25) is 5.13 Å². The Balaban J connectivity index is 1.56. The van der Waals surface area contributed by atoms with Crippen molar-refractivity contribution >= 4 is 16.7 Å². The molecule has 8 heteroatoms. The van der Waals surface area contributed by atoms with Crippen molar-refractivity contribution in [3.63, 3.8) is 0 Å². The second-order valence-electron chi connectivity index (χ2n) is 5.79. The third kappa shape index (κ3) is 3.01. The van der Waals surface area contributed by atoms with E-state index in [1.54, 1.807) is 6.20 Å². The maximum atomic E-state index is 13.4. The predicted molar refractivity (Wildman–Crippen MR) is 88.0 cm³/mol. The molecular weight excluding hydrogens is 332 g/mol. The van der Waals surface area contributed by atoms with Crippen LogP contribution in [0.25, 0.3) is 11.4 Å². The second kappa shape index (κ2) is 6.27. The topological polar surface area (TPSA) is 46.8 Å². The van der Waals surface area contributed by atoms with Gasteiger partial charge < -0.3 is 4.90 Å². The summed E-state index contributed by atoms with van der Waals surface area (Å²) in [5, 5.41) is 5.08. The van der Waals surface area contributed by atoms with Gasteiger partial charge in [-0.3, -0.25) is 4.68 Å². The van der Waals surface area contributed by atoms with Crippen LogP contribution < -0.4 is 4.90 Å². The number of rotatable bonds is 3. The molecule has 3 aromatic rings. The summed E-state index contributed by atoms with van der Waals surface area (Å²) in [6.07, 6.45) is 5.85. The first-order valence-corrected chi connectivity index (χ1v) is 8.50. The van der Waals surface area contributed by atoms with E-state index in [1.165, 1.54) is 23.7 Å². The smallest absolute Gasteiger partial charge is 0.205 e. The third-order valence-electron chi connectivity index (χ3n) is 4.10. The van der Waals surface area contributed by atoms with Crippen molar-refractivity contribution in [3.05, 3.63) is 48.3 Å². The second-order valence-corrected chi connectivity index (χ2v) is 6.52. The molecule has 4 rings (SSSR count). The summed E-state index contributed by atoms with van der Waals surface area (Å²) >= 11 is 1.25. The predicted octanol–water partition coefficient (Wildman–Crippen LogP) is 3.52. The van der Waals surface area contributed by atoms with Crippen molar-refractivity contribution in [3.8, 4) is 11.4 Å². The average Bonchev–Trinajstić information content (AvgIpc) is 3.26. The lowest BCUT2D eigenvalue weighted by atomic mass is 10.1. The van der Waals surface area contributed by atoms with Crippen LogP contribution in [-0.4, -0.2) is 32.2 Å². The number of piperidine rings is 1. The fourth-order valence-corrected chi connectivity index (χ4v) is 3.71. The van der Waals surface area contributed by atoms with E-state index in [-0.39, 0.29) is 0 Å². The summed E-state index contributed by atoms with van der Waals surface area (Å²) in [6, 6.07) is 5.55. The van der Waals surface area contributed by atoms with Crippen LogP contribution >= 0.6 is 11.5 Å². The molecule has 0 amide bonds. The molecule has 5 nitrogen and oxygen atoms in total. The molecule has 0 spiro atoms. The van der Waals surface area contributed by atoms with E-state index in [1.807, 2.05) is 16.9 Å². The first kappa shape index (κ1) is 15.2. The lowest BCUT2D eigenvalue weighted by Crippen LogP contribution is -2.36. The summed E-state index contributed by atoms with van der Waals surface area (Å²) in [7, 11) is 0. The fraction of sp³-hybridized carbons (Fsp3) is 0.312. The maximum absolute atomic E-state index is 13.4. The summed E-state index contributed by atoms with van der Waals surface area (Å²) in [5.41, 5.74) is 0.357.